The minimum atomic E-state index is -0.709. The molecule has 0 fully saturated rings. The highest BCUT2D eigenvalue weighted by Gasteiger charge is 2.33. The number of rotatable bonds is 3. The third-order valence-corrected chi connectivity index (χ3v) is 3.90. The van der Waals surface area contributed by atoms with Gasteiger partial charge in [-0.05, 0) is 42.8 Å². The molecular formula is C19H16N2O5. The molecule has 132 valence electrons. The van der Waals surface area contributed by atoms with E-state index in [1.165, 1.54) is 25.3 Å². The first-order valence-corrected chi connectivity index (χ1v) is 7.73. The lowest BCUT2D eigenvalue weighted by molar-refractivity contribution is -0.123. The molecule has 0 radical (unpaired) electrons. The van der Waals surface area contributed by atoms with Gasteiger partial charge in [0.1, 0.15) is 5.75 Å². The highest BCUT2D eigenvalue weighted by Crippen LogP contribution is 2.29. The van der Waals surface area contributed by atoms with Gasteiger partial charge in [0.2, 0.25) is 0 Å². The van der Waals surface area contributed by atoms with Crippen LogP contribution >= 0.6 is 0 Å². The molecule has 0 unspecified atom stereocenters. The summed E-state index contributed by atoms with van der Waals surface area (Å²) in [5.41, 5.74) is 1.20. The Morgan fingerprint density at radius 2 is 1.88 bits per heavy atom. The van der Waals surface area contributed by atoms with E-state index in [0.29, 0.717) is 11.3 Å². The number of ether oxygens (including phenoxy) is 1. The van der Waals surface area contributed by atoms with Crippen LogP contribution in [0.3, 0.4) is 0 Å². The maximum atomic E-state index is 12.6. The van der Waals surface area contributed by atoms with Crippen LogP contribution in [0.4, 0.5) is 0 Å². The van der Waals surface area contributed by atoms with Gasteiger partial charge in [0.15, 0.2) is 11.5 Å². The maximum Gasteiger partial charge on any atom is 0.285 e. The summed E-state index contributed by atoms with van der Waals surface area (Å²) in [5.74, 6) is -1.28. The van der Waals surface area contributed by atoms with Gasteiger partial charge in [-0.25, -0.2) is 0 Å². The van der Waals surface area contributed by atoms with Crippen molar-refractivity contribution in [2.45, 2.75) is 6.92 Å². The van der Waals surface area contributed by atoms with E-state index < -0.39 is 11.8 Å². The Hall–Kier alpha value is -3.61. The molecule has 26 heavy (non-hydrogen) atoms. The lowest BCUT2D eigenvalue weighted by Crippen LogP contribution is -2.29. The van der Waals surface area contributed by atoms with Gasteiger partial charge in [0, 0.05) is 0 Å². The number of amides is 2. The number of carbonyl (C=O) groups excluding carboxylic acids is 2. The Kier molecular flexibility index (Phi) is 4.45. The van der Waals surface area contributed by atoms with E-state index in [9.17, 15) is 19.8 Å². The normalized spacial score (nSPS) is 15.3. The van der Waals surface area contributed by atoms with Crippen molar-refractivity contribution in [2.24, 2.45) is 5.10 Å². The number of phenols is 2. The van der Waals surface area contributed by atoms with E-state index in [2.05, 4.69) is 5.10 Å². The average molecular weight is 352 g/mol. The van der Waals surface area contributed by atoms with Crippen molar-refractivity contribution in [1.29, 1.82) is 0 Å². The minimum Gasteiger partial charge on any atom is -0.507 e. The summed E-state index contributed by atoms with van der Waals surface area (Å²) in [6.45, 7) is 1.61. The maximum absolute atomic E-state index is 12.6. The van der Waals surface area contributed by atoms with Gasteiger partial charge >= 0.3 is 0 Å². The van der Waals surface area contributed by atoms with Crippen LogP contribution in [0.2, 0.25) is 0 Å². The third kappa shape index (κ3) is 3.02. The van der Waals surface area contributed by atoms with E-state index >= 15 is 0 Å². The van der Waals surface area contributed by atoms with Crippen LogP contribution in [-0.4, -0.2) is 39.9 Å². The molecule has 0 bridgehead atoms. The minimum absolute atomic E-state index is 0.00930. The highest BCUT2D eigenvalue weighted by molar-refractivity contribution is 6.30. The third-order valence-electron chi connectivity index (χ3n) is 3.90. The molecule has 0 aliphatic carbocycles. The molecule has 1 aliphatic rings. The molecule has 2 N–H and O–H groups in total. The van der Waals surface area contributed by atoms with E-state index in [1.54, 1.807) is 37.3 Å². The number of phenolic OH excluding ortho intramolecular Hbond substituents is 2. The topological polar surface area (TPSA) is 99.4 Å². The van der Waals surface area contributed by atoms with Crippen LogP contribution in [0.1, 0.15) is 22.8 Å². The van der Waals surface area contributed by atoms with Crippen LogP contribution in [-0.2, 0) is 4.79 Å². The van der Waals surface area contributed by atoms with Crippen molar-refractivity contribution >= 4 is 23.6 Å². The summed E-state index contributed by atoms with van der Waals surface area (Å²) < 4.78 is 5.05. The Bertz CT molecular complexity index is 962. The van der Waals surface area contributed by atoms with Crippen LogP contribution in [0, 0.1) is 0 Å². The largest absolute Gasteiger partial charge is 0.507 e. The fraction of sp³-hybridized carbons (Fsp3) is 0.105. The zero-order valence-corrected chi connectivity index (χ0v) is 14.1. The number of methoxy groups -OCH3 is 1. The first kappa shape index (κ1) is 17.2. The van der Waals surface area contributed by atoms with E-state index in [-0.39, 0.29) is 28.4 Å². The summed E-state index contributed by atoms with van der Waals surface area (Å²) in [6.07, 6.45) is 1.56. The second kappa shape index (κ2) is 6.72. The highest BCUT2D eigenvalue weighted by atomic mass is 16.5. The summed E-state index contributed by atoms with van der Waals surface area (Å²) in [6, 6.07) is 10.6. The molecule has 2 aromatic rings. The molecule has 7 nitrogen and oxygen atoms in total. The van der Waals surface area contributed by atoms with E-state index in [0.717, 1.165) is 5.01 Å². The van der Waals surface area contributed by atoms with Gasteiger partial charge in [0.05, 0.1) is 24.0 Å². The Morgan fingerprint density at radius 3 is 2.58 bits per heavy atom. The van der Waals surface area contributed by atoms with Gasteiger partial charge in [-0.15, -0.1) is 0 Å². The van der Waals surface area contributed by atoms with E-state index in [1.807, 2.05) is 0 Å². The number of hydrogen-bond donors (Lipinski definition) is 2. The monoisotopic (exact) mass is 352 g/mol. The standard InChI is InChI=1S/C19H16N2O5/c1-11-14(9-12-7-8-16(23)17(10-12)26-2)19(25)21(20-11)18(24)13-5-3-4-6-15(13)22/h3-10,22-23H,1-2H3. The molecule has 0 saturated carbocycles. The Morgan fingerprint density at radius 1 is 1.15 bits per heavy atom. The number of nitrogens with zero attached hydrogens (tertiary/aromatic N) is 2. The number of hydrazone groups is 1. The number of carbonyl (C=O) groups is 2. The van der Waals surface area contributed by atoms with Crippen molar-refractivity contribution in [2.75, 3.05) is 7.11 Å². The molecular weight excluding hydrogens is 336 g/mol. The quantitative estimate of drug-likeness (QED) is 0.653. The first-order valence-electron chi connectivity index (χ1n) is 7.73. The molecule has 3 rings (SSSR count). The molecule has 0 atom stereocenters. The Labute approximate surface area is 149 Å². The summed E-state index contributed by atoms with van der Waals surface area (Å²) >= 11 is 0. The summed E-state index contributed by atoms with van der Waals surface area (Å²) in [4.78, 5) is 25.2. The lowest BCUT2D eigenvalue weighted by atomic mass is 10.1. The Balaban J connectivity index is 1.93. The van der Waals surface area contributed by atoms with Crippen LogP contribution in [0.15, 0.2) is 53.1 Å². The van der Waals surface area contributed by atoms with Gasteiger partial charge in [-0.3, -0.25) is 9.59 Å². The van der Waals surface area contributed by atoms with Crippen molar-refractivity contribution in [3.8, 4) is 17.2 Å². The van der Waals surface area contributed by atoms with Gasteiger partial charge in [-0.2, -0.15) is 10.1 Å². The fourth-order valence-corrected chi connectivity index (χ4v) is 2.54. The molecule has 0 aromatic heterocycles. The predicted octanol–water partition coefficient (Wildman–Crippen LogP) is 2.55. The van der Waals surface area contributed by atoms with Crippen molar-refractivity contribution in [1.82, 2.24) is 5.01 Å². The molecule has 2 aromatic carbocycles. The molecule has 7 heteroatoms. The second-order valence-corrected chi connectivity index (χ2v) is 5.61. The number of hydrogen-bond acceptors (Lipinski definition) is 6. The van der Waals surface area contributed by atoms with Gasteiger partial charge in [0.25, 0.3) is 11.8 Å². The molecule has 1 heterocycles. The molecule has 0 spiro atoms. The number of para-hydroxylation sites is 1. The van der Waals surface area contributed by atoms with Crippen LogP contribution < -0.4 is 4.74 Å². The first-order chi connectivity index (χ1) is 12.4. The number of aromatic hydroxyl groups is 2. The van der Waals surface area contributed by atoms with Crippen LogP contribution in [0.25, 0.3) is 6.08 Å². The average Bonchev–Trinajstić information content (AvgIpc) is 2.91. The van der Waals surface area contributed by atoms with Gasteiger partial charge < -0.3 is 14.9 Å². The SMILES string of the molecule is COc1cc(C=C2C(=O)N(C(=O)c3ccccc3O)N=C2C)ccc1O. The predicted molar refractivity (Wildman–Crippen MR) is 95.0 cm³/mol. The molecule has 2 amide bonds. The summed E-state index contributed by atoms with van der Waals surface area (Å²) in [7, 11) is 1.42. The lowest BCUT2D eigenvalue weighted by Gasteiger charge is -2.10. The number of benzene rings is 2. The zero-order valence-electron chi connectivity index (χ0n) is 14.1. The summed E-state index contributed by atoms with van der Waals surface area (Å²) in [5, 5.41) is 24.2. The zero-order chi connectivity index (χ0) is 18.8. The van der Waals surface area contributed by atoms with Crippen molar-refractivity contribution < 1.29 is 24.5 Å². The van der Waals surface area contributed by atoms with E-state index in [4.69, 9.17) is 4.74 Å². The van der Waals surface area contributed by atoms with Gasteiger partial charge in [-0.1, -0.05) is 18.2 Å². The number of imide groups is 1. The van der Waals surface area contributed by atoms with Crippen molar-refractivity contribution in [3.05, 3.63) is 59.2 Å². The molecule has 1 aliphatic heterocycles. The smallest absolute Gasteiger partial charge is 0.285 e. The fourth-order valence-electron chi connectivity index (χ4n) is 2.54. The van der Waals surface area contributed by atoms with Crippen molar-refractivity contribution in [3.63, 3.8) is 0 Å². The molecule has 0 saturated heterocycles. The second-order valence-electron chi connectivity index (χ2n) is 5.61. The van der Waals surface area contributed by atoms with Crippen LogP contribution in [0.5, 0.6) is 17.2 Å².